The molecule has 0 aliphatic heterocycles. The van der Waals surface area contributed by atoms with Crippen molar-refractivity contribution in [2.24, 2.45) is 0 Å². The van der Waals surface area contributed by atoms with Crippen LogP contribution in [0, 0.1) is 6.92 Å². The first-order valence-electron chi connectivity index (χ1n) is 7.53. The molecular weight excluding hydrogens is 330 g/mol. The van der Waals surface area contributed by atoms with E-state index in [9.17, 15) is 9.59 Å². The maximum absolute atomic E-state index is 11.9. The molecule has 0 fully saturated rings. The highest BCUT2D eigenvalue weighted by Crippen LogP contribution is 2.22. The van der Waals surface area contributed by atoms with Crippen molar-refractivity contribution in [2.75, 3.05) is 18.9 Å². The van der Waals surface area contributed by atoms with Crippen molar-refractivity contribution in [1.29, 1.82) is 0 Å². The topological polar surface area (TPSA) is 74.6 Å². The number of furan rings is 1. The fourth-order valence-corrected chi connectivity index (χ4v) is 2.34. The quantitative estimate of drug-likeness (QED) is 0.839. The van der Waals surface area contributed by atoms with Gasteiger partial charge >= 0.3 is 6.03 Å². The van der Waals surface area contributed by atoms with E-state index in [2.05, 4.69) is 10.6 Å². The average molecular weight is 350 g/mol. The molecule has 0 unspecified atom stereocenters. The Morgan fingerprint density at radius 2 is 2.08 bits per heavy atom. The minimum Gasteiger partial charge on any atom is -0.467 e. The van der Waals surface area contributed by atoms with Crippen LogP contribution >= 0.6 is 11.6 Å². The van der Waals surface area contributed by atoms with Gasteiger partial charge in [-0.15, -0.1) is 0 Å². The zero-order valence-electron chi connectivity index (χ0n) is 13.6. The lowest BCUT2D eigenvalue weighted by atomic mass is 10.2. The summed E-state index contributed by atoms with van der Waals surface area (Å²) < 4.78 is 5.18. The van der Waals surface area contributed by atoms with Gasteiger partial charge in [0.2, 0.25) is 5.91 Å². The lowest BCUT2D eigenvalue weighted by Crippen LogP contribution is -2.38. The molecule has 6 nitrogen and oxygen atoms in total. The third kappa shape index (κ3) is 5.31. The Morgan fingerprint density at radius 1 is 1.29 bits per heavy atom. The Morgan fingerprint density at radius 3 is 2.75 bits per heavy atom. The molecule has 1 aromatic carbocycles. The van der Waals surface area contributed by atoms with Gasteiger partial charge in [-0.3, -0.25) is 4.79 Å². The van der Waals surface area contributed by atoms with Crippen molar-refractivity contribution >= 4 is 29.2 Å². The van der Waals surface area contributed by atoms with Gasteiger partial charge in [-0.2, -0.15) is 0 Å². The average Bonchev–Trinajstić information content (AvgIpc) is 3.03. The minimum absolute atomic E-state index is 0.157. The molecule has 0 saturated heterocycles. The number of hydrogen-bond donors (Lipinski definition) is 2. The first kappa shape index (κ1) is 17.9. The van der Waals surface area contributed by atoms with E-state index >= 15 is 0 Å². The molecule has 2 rings (SSSR count). The smallest absolute Gasteiger partial charge is 0.317 e. The van der Waals surface area contributed by atoms with E-state index in [4.69, 9.17) is 16.0 Å². The van der Waals surface area contributed by atoms with Gasteiger partial charge in [0.05, 0.1) is 23.5 Å². The molecule has 1 aromatic heterocycles. The number of carbonyl (C=O) groups is 2. The number of urea groups is 1. The Hall–Kier alpha value is -2.47. The van der Waals surface area contributed by atoms with Crippen molar-refractivity contribution in [3.63, 3.8) is 0 Å². The number of rotatable bonds is 6. The van der Waals surface area contributed by atoms with Gasteiger partial charge in [-0.1, -0.05) is 17.7 Å². The Labute approximate surface area is 145 Å². The maximum Gasteiger partial charge on any atom is 0.317 e. The summed E-state index contributed by atoms with van der Waals surface area (Å²) in [5.41, 5.74) is 1.58. The first-order chi connectivity index (χ1) is 11.5. The molecule has 2 N–H and O–H groups in total. The molecule has 0 aliphatic rings. The van der Waals surface area contributed by atoms with Gasteiger partial charge in [-0.05, 0) is 36.8 Å². The van der Waals surface area contributed by atoms with Gasteiger partial charge in [-0.25, -0.2) is 4.79 Å². The van der Waals surface area contributed by atoms with E-state index in [1.165, 1.54) is 4.90 Å². The minimum atomic E-state index is -0.271. The number of nitrogens with zero attached hydrogens (tertiary/aromatic N) is 1. The van der Waals surface area contributed by atoms with Crippen molar-refractivity contribution in [1.82, 2.24) is 10.2 Å². The number of aryl methyl sites for hydroxylation is 1. The van der Waals surface area contributed by atoms with Gasteiger partial charge in [0.1, 0.15) is 5.76 Å². The zero-order chi connectivity index (χ0) is 17.5. The number of nitrogens with one attached hydrogen (secondary N) is 2. The van der Waals surface area contributed by atoms with Crippen molar-refractivity contribution < 1.29 is 14.0 Å². The van der Waals surface area contributed by atoms with E-state index in [0.717, 1.165) is 5.56 Å². The highest BCUT2D eigenvalue weighted by Gasteiger charge is 2.11. The molecule has 0 spiro atoms. The molecule has 2 aromatic rings. The van der Waals surface area contributed by atoms with E-state index in [1.54, 1.807) is 37.6 Å². The van der Waals surface area contributed by atoms with Crippen LogP contribution in [0.1, 0.15) is 17.7 Å². The van der Waals surface area contributed by atoms with Crippen molar-refractivity contribution in [3.05, 3.63) is 52.9 Å². The van der Waals surface area contributed by atoms with Crippen LogP contribution in [0.5, 0.6) is 0 Å². The number of anilines is 1. The molecule has 0 aliphatic carbocycles. The lowest BCUT2D eigenvalue weighted by molar-refractivity contribution is -0.116. The van der Waals surface area contributed by atoms with Gasteiger partial charge in [0.15, 0.2) is 0 Å². The summed E-state index contributed by atoms with van der Waals surface area (Å²) in [6, 6.07) is 8.69. The van der Waals surface area contributed by atoms with Gasteiger partial charge in [0, 0.05) is 20.0 Å². The third-order valence-corrected chi connectivity index (χ3v) is 3.66. The second kappa shape index (κ2) is 8.40. The maximum atomic E-state index is 11.9. The van der Waals surface area contributed by atoms with Crippen LogP contribution in [0.25, 0.3) is 0 Å². The van der Waals surface area contributed by atoms with Crippen LogP contribution < -0.4 is 10.6 Å². The summed E-state index contributed by atoms with van der Waals surface area (Å²) in [7, 11) is 1.66. The summed E-state index contributed by atoms with van der Waals surface area (Å²) in [6.45, 7) is 2.52. The molecule has 128 valence electrons. The van der Waals surface area contributed by atoms with Crippen molar-refractivity contribution in [2.45, 2.75) is 19.9 Å². The molecule has 0 saturated carbocycles. The molecule has 0 bridgehead atoms. The predicted molar refractivity (Wildman–Crippen MR) is 93.0 cm³/mol. The number of halogens is 1. The fraction of sp³-hybridized carbons (Fsp3) is 0.294. The number of hydrogen-bond acceptors (Lipinski definition) is 3. The number of amides is 3. The second-order valence-electron chi connectivity index (χ2n) is 5.45. The predicted octanol–water partition coefficient (Wildman–Crippen LogP) is 3.41. The Bertz CT molecular complexity index is 701. The Kier molecular flexibility index (Phi) is 6.26. The summed E-state index contributed by atoms with van der Waals surface area (Å²) in [6.07, 6.45) is 1.71. The van der Waals surface area contributed by atoms with Crippen molar-refractivity contribution in [3.8, 4) is 0 Å². The summed E-state index contributed by atoms with van der Waals surface area (Å²) in [5, 5.41) is 5.90. The lowest BCUT2D eigenvalue weighted by Gasteiger charge is -2.16. The molecule has 7 heteroatoms. The van der Waals surface area contributed by atoms with E-state index in [0.29, 0.717) is 23.0 Å². The van der Waals surface area contributed by atoms with Crippen LogP contribution in [-0.2, 0) is 11.3 Å². The van der Waals surface area contributed by atoms with E-state index in [1.807, 2.05) is 13.0 Å². The standard InChI is InChI=1S/C17H20ClN3O3/c1-12-5-6-15(14(18)10-12)20-16(22)7-8-19-17(23)21(2)11-13-4-3-9-24-13/h3-6,9-10H,7-8,11H2,1-2H3,(H,19,23)(H,20,22). The molecule has 0 radical (unpaired) electrons. The molecule has 1 heterocycles. The molecule has 0 atom stereocenters. The number of benzene rings is 1. The van der Waals surface area contributed by atoms with E-state index < -0.39 is 0 Å². The molecule has 24 heavy (non-hydrogen) atoms. The first-order valence-corrected chi connectivity index (χ1v) is 7.91. The second-order valence-corrected chi connectivity index (χ2v) is 5.86. The van der Waals surface area contributed by atoms with Crippen LogP contribution in [-0.4, -0.2) is 30.4 Å². The monoisotopic (exact) mass is 349 g/mol. The zero-order valence-corrected chi connectivity index (χ0v) is 14.4. The summed E-state index contributed by atoms with van der Waals surface area (Å²) in [5.74, 6) is 0.481. The van der Waals surface area contributed by atoms with E-state index in [-0.39, 0.29) is 24.9 Å². The van der Waals surface area contributed by atoms with Crippen LogP contribution in [0.4, 0.5) is 10.5 Å². The number of carbonyl (C=O) groups excluding carboxylic acids is 2. The summed E-state index contributed by atoms with van der Waals surface area (Å²) in [4.78, 5) is 25.3. The van der Waals surface area contributed by atoms with Crippen LogP contribution in [0.15, 0.2) is 41.0 Å². The third-order valence-electron chi connectivity index (χ3n) is 3.35. The normalized spacial score (nSPS) is 10.3. The van der Waals surface area contributed by atoms with Gasteiger partial charge in [0.25, 0.3) is 0 Å². The highest BCUT2D eigenvalue weighted by atomic mass is 35.5. The Balaban J connectivity index is 1.72. The highest BCUT2D eigenvalue weighted by molar-refractivity contribution is 6.33. The summed E-state index contributed by atoms with van der Waals surface area (Å²) >= 11 is 6.07. The van der Waals surface area contributed by atoms with Crippen LogP contribution in [0.3, 0.4) is 0 Å². The fourth-order valence-electron chi connectivity index (χ4n) is 2.06. The van der Waals surface area contributed by atoms with Crippen LogP contribution in [0.2, 0.25) is 5.02 Å². The molecule has 3 amide bonds. The van der Waals surface area contributed by atoms with Gasteiger partial charge < -0.3 is 20.0 Å². The SMILES string of the molecule is Cc1ccc(NC(=O)CCNC(=O)N(C)Cc2ccco2)c(Cl)c1. The largest absolute Gasteiger partial charge is 0.467 e. The molecular formula is C17H20ClN3O3.